The minimum Gasteiger partial charge on any atom is -0.508 e. The van der Waals surface area contributed by atoms with Crippen molar-refractivity contribution in [3.63, 3.8) is 0 Å². The van der Waals surface area contributed by atoms with Crippen LogP contribution < -0.4 is 20.2 Å². The number of likely N-dealkylation sites (N-methyl/N-ethyl adjacent to an activating group) is 1. The Morgan fingerprint density at radius 2 is 1.68 bits per heavy atom. The quantitative estimate of drug-likeness (QED) is 0.0990. The van der Waals surface area contributed by atoms with Crippen molar-refractivity contribution in [3.8, 4) is 40.7 Å². The van der Waals surface area contributed by atoms with E-state index in [9.17, 15) is 29.9 Å². The van der Waals surface area contributed by atoms with Crippen LogP contribution in [0.25, 0.3) is 27.8 Å². The fraction of sp³-hybridized carbons (Fsp3) is 0.450. The number of phenols is 2. The fourth-order valence-corrected chi connectivity index (χ4v) is 13.0. The third-order valence-corrected chi connectivity index (χ3v) is 17.5. The first-order valence-electron chi connectivity index (χ1n) is 28.0. The van der Waals surface area contributed by atoms with Gasteiger partial charge < -0.3 is 34.5 Å². The number of phenolic OH excluding ortho intramolecular Hbond substituents is 2. The number of benzene rings is 4. The molecular formula is C60H70ClN13O6. The summed E-state index contributed by atoms with van der Waals surface area (Å²) in [6, 6.07) is 25.7. The zero-order chi connectivity index (χ0) is 55.8. The van der Waals surface area contributed by atoms with Gasteiger partial charge in [-0.3, -0.25) is 24.3 Å². The zero-order valence-electron chi connectivity index (χ0n) is 45.8. The van der Waals surface area contributed by atoms with Crippen LogP contribution in [0.1, 0.15) is 67.8 Å². The maximum atomic E-state index is 14.0. The number of hydrogen-bond acceptors (Lipinski definition) is 15. The number of ether oxygens (including phenoxy) is 1. The maximum Gasteiger partial charge on any atom is 0.348 e. The number of nitriles is 1. The van der Waals surface area contributed by atoms with E-state index in [1.807, 2.05) is 50.2 Å². The van der Waals surface area contributed by atoms with E-state index in [-0.39, 0.29) is 59.5 Å². The molecule has 0 radical (unpaired) electrons. The third-order valence-electron chi connectivity index (χ3n) is 17.2. The Bertz CT molecular complexity index is 3380. The molecule has 4 fully saturated rings. The van der Waals surface area contributed by atoms with Gasteiger partial charge in [-0.15, -0.1) is 0 Å². The van der Waals surface area contributed by atoms with Gasteiger partial charge >= 0.3 is 11.7 Å². The predicted molar refractivity (Wildman–Crippen MR) is 307 cm³/mol. The minimum absolute atomic E-state index is 0.00519. The number of aromatic nitrogens is 5. The molecule has 5 aliphatic rings. The average molecular weight is 1100 g/mol. The first-order chi connectivity index (χ1) is 38.7. The molecule has 0 spiro atoms. The highest BCUT2D eigenvalue weighted by atomic mass is 35.5. The van der Waals surface area contributed by atoms with Crippen LogP contribution in [0, 0.1) is 17.2 Å². The summed E-state index contributed by atoms with van der Waals surface area (Å²) in [7, 11) is 2.15. The summed E-state index contributed by atoms with van der Waals surface area (Å²) in [6.07, 6.45) is 4.74. The number of amides is 2. The van der Waals surface area contributed by atoms with Crippen molar-refractivity contribution >= 4 is 45.7 Å². The van der Waals surface area contributed by atoms with Gasteiger partial charge in [-0.2, -0.15) is 20.3 Å². The van der Waals surface area contributed by atoms with Gasteiger partial charge in [-0.05, 0) is 105 Å². The molecule has 4 saturated heterocycles. The average Bonchev–Trinajstić information content (AvgIpc) is 4.09. The van der Waals surface area contributed by atoms with Crippen LogP contribution in [-0.4, -0.2) is 175 Å². The molecule has 0 bridgehead atoms. The molecule has 7 heterocycles. The molecule has 3 N–H and O–H groups in total. The summed E-state index contributed by atoms with van der Waals surface area (Å²) in [6.45, 7) is 17.0. The van der Waals surface area contributed by atoms with Gasteiger partial charge in [0, 0.05) is 106 Å². The summed E-state index contributed by atoms with van der Waals surface area (Å²) in [5.41, 5.74) is 5.23. The molecule has 0 aliphatic carbocycles. The molecule has 3 atom stereocenters. The van der Waals surface area contributed by atoms with Crippen molar-refractivity contribution in [3.05, 3.63) is 123 Å². The smallest absolute Gasteiger partial charge is 0.348 e. The summed E-state index contributed by atoms with van der Waals surface area (Å²) < 4.78 is 8.05. The lowest BCUT2D eigenvalue weighted by Crippen LogP contribution is -2.55. The van der Waals surface area contributed by atoms with Crippen LogP contribution in [-0.2, 0) is 29.1 Å². The number of nitrogens with one attached hydrogen (secondary N) is 1. The van der Waals surface area contributed by atoms with E-state index in [0.717, 1.165) is 104 Å². The molecule has 0 saturated carbocycles. The van der Waals surface area contributed by atoms with Crippen molar-refractivity contribution in [2.24, 2.45) is 5.92 Å². The Hall–Kier alpha value is -7.50. The summed E-state index contributed by atoms with van der Waals surface area (Å²) >= 11 is 6.83. The second-order valence-electron chi connectivity index (χ2n) is 22.4. The molecule has 20 heteroatoms. The molecular weight excluding hydrogens is 1030 g/mol. The van der Waals surface area contributed by atoms with E-state index in [2.05, 4.69) is 83.6 Å². The van der Waals surface area contributed by atoms with Gasteiger partial charge in [0.2, 0.25) is 11.8 Å². The zero-order valence-corrected chi connectivity index (χ0v) is 46.6. The molecule has 5 aliphatic heterocycles. The van der Waals surface area contributed by atoms with Crippen molar-refractivity contribution in [1.29, 1.82) is 5.26 Å². The highest BCUT2D eigenvalue weighted by molar-refractivity contribution is 6.36. The van der Waals surface area contributed by atoms with Crippen LogP contribution in [0.4, 0.5) is 11.5 Å². The fourth-order valence-electron chi connectivity index (χ4n) is 12.7. The summed E-state index contributed by atoms with van der Waals surface area (Å²) in [4.78, 5) is 65.7. The van der Waals surface area contributed by atoms with Gasteiger partial charge in [-0.1, -0.05) is 68.4 Å². The highest BCUT2D eigenvalue weighted by Gasteiger charge is 2.38. The number of nitrogens with zero attached hydrogens (tertiary/aromatic N) is 12. The Balaban J connectivity index is 0.687. The Kier molecular flexibility index (Phi) is 15.9. The van der Waals surface area contributed by atoms with E-state index in [1.165, 1.54) is 16.7 Å². The topological polar surface area (TPSA) is 207 Å². The summed E-state index contributed by atoms with van der Waals surface area (Å²) in [5, 5.41) is 40.4. The number of halogens is 1. The Labute approximate surface area is 471 Å². The molecule has 0 unspecified atom stereocenters. The van der Waals surface area contributed by atoms with E-state index < -0.39 is 5.69 Å². The van der Waals surface area contributed by atoms with Crippen LogP contribution in [0.15, 0.2) is 90.2 Å². The number of carbonyl (C=O) groups is 2. The molecule has 2 amide bonds. The van der Waals surface area contributed by atoms with Crippen molar-refractivity contribution in [2.45, 2.75) is 83.1 Å². The Morgan fingerprint density at radius 3 is 2.41 bits per heavy atom. The number of hydrogen-bond donors (Lipinski definition) is 3. The largest absolute Gasteiger partial charge is 0.508 e. The van der Waals surface area contributed by atoms with Gasteiger partial charge in [0.25, 0.3) is 0 Å². The van der Waals surface area contributed by atoms with Gasteiger partial charge in [0.05, 0.1) is 47.0 Å². The molecule has 4 aromatic carbocycles. The molecule has 6 aromatic rings. The van der Waals surface area contributed by atoms with Crippen molar-refractivity contribution < 1.29 is 24.5 Å². The minimum atomic E-state index is -0.438. The first kappa shape index (κ1) is 54.5. The number of H-pyrrole nitrogens is 1. The second-order valence-corrected chi connectivity index (χ2v) is 22.8. The molecule has 418 valence electrons. The number of aromatic amines is 1. The maximum absolute atomic E-state index is 14.0. The van der Waals surface area contributed by atoms with Gasteiger partial charge in [0.15, 0.2) is 5.82 Å². The molecule has 2 aromatic heterocycles. The highest BCUT2D eigenvalue weighted by Crippen LogP contribution is 2.40. The standard InChI is InChI=1S/C60H70ClN13O6/c1-5-54(77)73-29-28-72(35-43(73)16-20-62)56-46-19-23-71(51-11-7-9-40-8-6-10-49(61)55(40)51)36-50(46)63-59(64-56)80-37-45-30-44(34-67(45)4)69-24-26-70(27-25-69)58(78)41-17-21-68(22-18-41)33-39-12-14-42(15-13-39)74-57(65-66-60(74)79)48-31-47(38(2)3)52(75)32-53(48)76/h5-15,31-32,38,41,43-45,75-76H,1,16-19,21-30,33-37H2,2-4H3,(H,66,79)/t43-,44-,45-/m0/s1. The normalized spacial score (nSPS) is 20.6. The van der Waals surface area contributed by atoms with E-state index in [4.69, 9.17) is 26.3 Å². The molecule has 80 heavy (non-hydrogen) atoms. The lowest BCUT2D eigenvalue weighted by Gasteiger charge is -2.42. The van der Waals surface area contributed by atoms with Gasteiger partial charge in [0.1, 0.15) is 23.9 Å². The monoisotopic (exact) mass is 1100 g/mol. The van der Waals surface area contributed by atoms with Gasteiger partial charge in [-0.25, -0.2) is 14.5 Å². The van der Waals surface area contributed by atoms with E-state index in [0.29, 0.717) is 86.2 Å². The number of fused-ring (bicyclic) bond motifs is 2. The first-order valence-corrected chi connectivity index (χ1v) is 28.4. The number of aromatic hydroxyl groups is 2. The number of anilines is 2. The van der Waals surface area contributed by atoms with Crippen LogP contribution >= 0.6 is 11.6 Å². The Morgan fingerprint density at radius 1 is 0.912 bits per heavy atom. The molecule has 19 nitrogen and oxygen atoms in total. The number of likely N-dealkylation sites (tertiary alicyclic amines) is 2. The van der Waals surface area contributed by atoms with Crippen molar-refractivity contribution in [1.82, 2.24) is 49.2 Å². The van der Waals surface area contributed by atoms with E-state index >= 15 is 0 Å². The summed E-state index contributed by atoms with van der Waals surface area (Å²) in [5.74, 6) is 0.933. The third kappa shape index (κ3) is 11.1. The number of rotatable bonds is 14. The lowest BCUT2D eigenvalue weighted by atomic mass is 9.94. The van der Waals surface area contributed by atoms with Crippen molar-refractivity contribution in [2.75, 3.05) is 95.4 Å². The number of piperidine rings is 1. The van der Waals surface area contributed by atoms with Crippen LogP contribution in [0.5, 0.6) is 17.5 Å². The predicted octanol–water partition coefficient (Wildman–Crippen LogP) is 6.55. The SMILES string of the molecule is C=CC(=O)N1CCN(c2nc(OC[C@@H]3C[C@H](N4CCN(C(=O)C5CCN(Cc6ccc(-n7c(-c8cc(C(C)C)c(O)cc8O)n[nH]c7=O)cc6)CC5)CC4)CN3C)nc3c2CCN(c2cccc4cccc(Cl)c24)C3)C[C@@H]1CC#N. The van der Waals surface area contributed by atoms with Crippen LogP contribution in [0.3, 0.4) is 0 Å². The molecule has 11 rings (SSSR count). The number of piperazine rings is 2. The van der Waals surface area contributed by atoms with Crippen LogP contribution in [0.2, 0.25) is 5.02 Å². The second kappa shape index (κ2) is 23.3. The lowest BCUT2D eigenvalue weighted by molar-refractivity contribution is -0.139. The number of carbonyl (C=O) groups excluding carboxylic acids is 2. The van der Waals surface area contributed by atoms with E-state index in [1.54, 1.807) is 11.0 Å².